The third-order valence-electron chi connectivity index (χ3n) is 3.09. The molecule has 1 fully saturated rings. The van der Waals surface area contributed by atoms with Crippen molar-refractivity contribution in [1.82, 2.24) is 15.1 Å². The molecule has 16 heavy (non-hydrogen) atoms. The number of nitrogens with zero attached hydrogens (tertiary/aromatic N) is 2. The predicted octanol–water partition coefficient (Wildman–Crippen LogP) is 2.45. The minimum absolute atomic E-state index is 0.227. The van der Waals surface area contributed by atoms with E-state index in [-0.39, 0.29) is 12.0 Å². The van der Waals surface area contributed by atoms with Gasteiger partial charge >= 0.3 is 0 Å². The highest BCUT2D eigenvalue weighted by Crippen LogP contribution is 2.20. The molecule has 1 aliphatic heterocycles. The van der Waals surface area contributed by atoms with Crippen LogP contribution in [0, 0.1) is 5.82 Å². The average Bonchev–Trinajstić information content (AvgIpc) is 2.73. The molecule has 2 aromatic rings. The second kappa shape index (κ2) is 3.87. The number of halogens is 1. The third kappa shape index (κ3) is 1.69. The van der Waals surface area contributed by atoms with Crippen LogP contribution in [0.15, 0.2) is 24.4 Å². The average molecular weight is 219 g/mol. The number of hydrogen-bond acceptors (Lipinski definition) is 2. The van der Waals surface area contributed by atoms with Crippen LogP contribution in [0.1, 0.15) is 25.4 Å². The minimum atomic E-state index is -0.227. The molecule has 0 radical (unpaired) electrons. The molecular formula is C12H14FN3. The minimum Gasteiger partial charge on any atom is -0.296 e. The number of nitrogens with one attached hydrogen (secondary N) is 1. The summed E-state index contributed by atoms with van der Waals surface area (Å²) in [4.78, 5) is 0. The molecule has 1 N–H and O–H groups in total. The maximum atomic E-state index is 13.0. The lowest BCUT2D eigenvalue weighted by Gasteiger charge is -2.23. The fourth-order valence-corrected chi connectivity index (χ4v) is 2.23. The Morgan fingerprint density at radius 1 is 1.38 bits per heavy atom. The standard InChI is InChI=1S/C12H14FN3/c13-10-5-4-9-8-16(15-11(9)7-10)12-3-1-2-6-14-12/h4-5,7-8,12,14H,1-3,6H2/t12-/m0/s1. The van der Waals surface area contributed by atoms with Crippen molar-refractivity contribution < 1.29 is 4.39 Å². The van der Waals surface area contributed by atoms with E-state index in [0.717, 1.165) is 23.9 Å². The van der Waals surface area contributed by atoms with E-state index in [4.69, 9.17) is 0 Å². The van der Waals surface area contributed by atoms with E-state index in [1.807, 2.05) is 10.9 Å². The van der Waals surface area contributed by atoms with Gasteiger partial charge < -0.3 is 0 Å². The zero-order valence-corrected chi connectivity index (χ0v) is 8.99. The Labute approximate surface area is 93.3 Å². The van der Waals surface area contributed by atoms with Crippen molar-refractivity contribution in [3.8, 4) is 0 Å². The van der Waals surface area contributed by atoms with Gasteiger partial charge in [-0.25, -0.2) is 4.39 Å². The van der Waals surface area contributed by atoms with E-state index in [1.165, 1.54) is 25.0 Å². The molecule has 0 aliphatic carbocycles. The van der Waals surface area contributed by atoms with E-state index >= 15 is 0 Å². The fraction of sp³-hybridized carbons (Fsp3) is 0.417. The molecule has 0 unspecified atom stereocenters. The second-order valence-corrected chi connectivity index (χ2v) is 4.28. The molecule has 2 heterocycles. The van der Waals surface area contributed by atoms with Gasteiger partial charge in [0.1, 0.15) is 12.0 Å². The van der Waals surface area contributed by atoms with Gasteiger partial charge in [0.05, 0.1) is 5.52 Å². The van der Waals surface area contributed by atoms with Crippen LogP contribution in [0.5, 0.6) is 0 Å². The Kier molecular flexibility index (Phi) is 2.36. The van der Waals surface area contributed by atoms with Crippen LogP contribution in [-0.4, -0.2) is 16.3 Å². The highest BCUT2D eigenvalue weighted by molar-refractivity contribution is 5.77. The van der Waals surface area contributed by atoms with Gasteiger partial charge in [-0.3, -0.25) is 10.00 Å². The Morgan fingerprint density at radius 2 is 2.31 bits per heavy atom. The molecule has 4 heteroatoms. The normalized spacial score (nSPS) is 21.4. The van der Waals surface area contributed by atoms with Crippen molar-refractivity contribution >= 4 is 10.9 Å². The first-order valence-corrected chi connectivity index (χ1v) is 5.71. The summed E-state index contributed by atoms with van der Waals surface area (Å²) in [5.41, 5.74) is 0.729. The number of piperidine rings is 1. The molecule has 1 aromatic carbocycles. The summed E-state index contributed by atoms with van der Waals surface area (Å²) >= 11 is 0. The summed E-state index contributed by atoms with van der Waals surface area (Å²) < 4.78 is 14.9. The third-order valence-corrected chi connectivity index (χ3v) is 3.09. The lowest BCUT2D eigenvalue weighted by Crippen LogP contribution is -2.31. The van der Waals surface area contributed by atoms with Crippen molar-refractivity contribution in [3.05, 3.63) is 30.2 Å². The summed E-state index contributed by atoms with van der Waals surface area (Å²) in [6, 6.07) is 4.73. The van der Waals surface area contributed by atoms with Gasteiger partial charge in [0.15, 0.2) is 0 Å². The quantitative estimate of drug-likeness (QED) is 0.798. The largest absolute Gasteiger partial charge is 0.296 e. The van der Waals surface area contributed by atoms with E-state index in [9.17, 15) is 4.39 Å². The molecule has 3 nitrogen and oxygen atoms in total. The summed E-state index contributed by atoms with van der Waals surface area (Å²) in [7, 11) is 0. The van der Waals surface area contributed by atoms with Crippen LogP contribution >= 0.6 is 0 Å². The molecule has 0 spiro atoms. The summed E-state index contributed by atoms with van der Waals surface area (Å²) in [5, 5.41) is 8.82. The van der Waals surface area contributed by atoms with Gasteiger partial charge in [-0.05, 0) is 37.9 Å². The van der Waals surface area contributed by atoms with Gasteiger partial charge in [-0.1, -0.05) is 0 Å². The highest BCUT2D eigenvalue weighted by atomic mass is 19.1. The maximum Gasteiger partial charge on any atom is 0.125 e. The number of rotatable bonds is 1. The van der Waals surface area contributed by atoms with E-state index in [2.05, 4.69) is 10.4 Å². The van der Waals surface area contributed by atoms with E-state index in [1.54, 1.807) is 6.07 Å². The lowest BCUT2D eigenvalue weighted by molar-refractivity contribution is 0.299. The molecule has 84 valence electrons. The molecule has 3 rings (SSSR count). The van der Waals surface area contributed by atoms with Crippen LogP contribution in [0.3, 0.4) is 0 Å². The molecule has 0 saturated carbocycles. The maximum absolute atomic E-state index is 13.0. The van der Waals surface area contributed by atoms with Gasteiger partial charge in [-0.2, -0.15) is 5.10 Å². The molecular weight excluding hydrogens is 205 g/mol. The molecule has 1 aromatic heterocycles. The Balaban J connectivity index is 1.97. The lowest BCUT2D eigenvalue weighted by atomic mass is 10.1. The molecule has 0 amide bonds. The van der Waals surface area contributed by atoms with Crippen molar-refractivity contribution in [1.29, 1.82) is 0 Å². The van der Waals surface area contributed by atoms with Crippen LogP contribution in [0.25, 0.3) is 10.9 Å². The Bertz CT molecular complexity index is 500. The van der Waals surface area contributed by atoms with Crippen molar-refractivity contribution in [2.24, 2.45) is 0 Å². The van der Waals surface area contributed by atoms with Crippen LogP contribution in [0.4, 0.5) is 4.39 Å². The first-order chi connectivity index (χ1) is 7.83. The van der Waals surface area contributed by atoms with Crippen molar-refractivity contribution in [2.75, 3.05) is 6.54 Å². The summed E-state index contributed by atoms with van der Waals surface area (Å²) in [5.74, 6) is -0.227. The molecule has 1 aliphatic rings. The number of hydrogen-bond donors (Lipinski definition) is 1. The Hall–Kier alpha value is -1.42. The first-order valence-electron chi connectivity index (χ1n) is 5.71. The molecule has 0 bridgehead atoms. The van der Waals surface area contributed by atoms with Gasteiger partial charge in [0, 0.05) is 17.6 Å². The summed E-state index contributed by atoms with van der Waals surface area (Å²) in [6.45, 7) is 1.04. The van der Waals surface area contributed by atoms with Crippen molar-refractivity contribution in [3.63, 3.8) is 0 Å². The Morgan fingerprint density at radius 3 is 3.12 bits per heavy atom. The first kappa shape index (κ1) is 9.78. The number of benzene rings is 1. The zero-order valence-electron chi connectivity index (χ0n) is 8.99. The zero-order chi connectivity index (χ0) is 11.0. The monoisotopic (exact) mass is 219 g/mol. The van der Waals surface area contributed by atoms with Crippen molar-refractivity contribution in [2.45, 2.75) is 25.4 Å². The van der Waals surface area contributed by atoms with Gasteiger partial charge in [0.2, 0.25) is 0 Å². The van der Waals surface area contributed by atoms with Gasteiger partial charge in [0.25, 0.3) is 0 Å². The molecule has 1 saturated heterocycles. The van der Waals surface area contributed by atoms with Crippen LogP contribution in [0.2, 0.25) is 0 Å². The second-order valence-electron chi connectivity index (χ2n) is 4.28. The van der Waals surface area contributed by atoms with E-state index < -0.39 is 0 Å². The highest BCUT2D eigenvalue weighted by Gasteiger charge is 2.15. The number of aromatic nitrogens is 2. The topological polar surface area (TPSA) is 29.9 Å². The number of fused-ring (bicyclic) bond motifs is 1. The smallest absolute Gasteiger partial charge is 0.125 e. The van der Waals surface area contributed by atoms with Crippen LogP contribution in [-0.2, 0) is 0 Å². The van der Waals surface area contributed by atoms with Crippen LogP contribution < -0.4 is 5.32 Å². The fourth-order valence-electron chi connectivity index (χ4n) is 2.23. The molecule has 1 atom stereocenters. The summed E-state index contributed by atoms with van der Waals surface area (Å²) in [6.07, 6.45) is 5.80. The SMILES string of the molecule is Fc1ccc2cn([C@H]3CCCCN3)nc2c1. The predicted molar refractivity (Wildman–Crippen MR) is 60.6 cm³/mol. The van der Waals surface area contributed by atoms with E-state index in [0.29, 0.717) is 0 Å². The van der Waals surface area contributed by atoms with Gasteiger partial charge in [-0.15, -0.1) is 0 Å².